The molecule has 4 aromatic rings. The Balaban J connectivity index is 0. The van der Waals surface area contributed by atoms with E-state index in [0.717, 1.165) is 0 Å². The molecule has 0 aliphatic rings. The van der Waals surface area contributed by atoms with Crippen molar-refractivity contribution < 1.29 is 77.2 Å². The van der Waals surface area contributed by atoms with Crippen molar-refractivity contribution in [2.45, 2.75) is 81.1 Å². The van der Waals surface area contributed by atoms with Gasteiger partial charge in [0.2, 0.25) is 0 Å². The van der Waals surface area contributed by atoms with Crippen LogP contribution in [-0.2, 0) is 52.4 Å². The van der Waals surface area contributed by atoms with E-state index in [1.165, 1.54) is 66.1 Å². The molecule has 4 rings (SSSR count). The number of benzene rings is 2. The van der Waals surface area contributed by atoms with Gasteiger partial charge in [-0.3, -0.25) is 0 Å². The van der Waals surface area contributed by atoms with Crippen molar-refractivity contribution >= 4 is 21.5 Å². The van der Waals surface area contributed by atoms with Crippen molar-refractivity contribution in [1.82, 2.24) is 0 Å². The summed E-state index contributed by atoms with van der Waals surface area (Å²) in [6.45, 7) is 22.3. The van der Waals surface area contributed by atoms with Crippen molar-refractivity contribution in [2.24, 2.45) is 0 Å². The van der Waals surface area contributed by atoms with E-state index in [4.69, 9.17) is 0 Å². The molecule has 180 valence electrons. The van der Waals surface area contributed by atoms with Gasteiger partial charge in [-0.1, -0.05) is 89.8 Å². The Morgan fingerprint density at radius 1 is 0.529 bits per heavy atom. The van der Waals surface area contributed by atoms with E-state index < -0.39 is 0 Å². The van der Waals surface area contributed by atoms with Crippen molar-refractivity contribution in [3.8, 4) is 0 Å². The summed E-state index contributed by atoms with van der Waals surface area (Å²) in [5, 5.41) is 5.78. The Labute approximate surface area is 258 Å². The minimum Gasteiger partial charge on any atom is -1.00 e. The molecule has 4 heteroatoms. The summed E-state index contributed by atoms with van der Waals surface area (Å²) in [6.07, 6.45) is 0. The molecule has 34 heavy (non-hydrogen) atoms. The smallest absolute Gasteiger partial charge is 1.00 e. The van der Waals surface area contributed by atoms with E-state index in [1.54, 1.807) is 0 Å². The van der Waals surface area contributed by atoms with Crippen molar-refractivity contribution in [3.63, 3.8) is 0 Å². The summed E-state index contributed by atoms with van der Waals surface area (Å²) in [4.78, 5) is 0. The zero-order valence-corrected chi connectivity index (χ0v) is 28.8. The van der Waals surface area contributed by atoms with Crippen molar-refractivity contribution in [2.75, 3.05) is 0 Å². The van der Waals surface area contributed by atoms with Crippen LogP contribution in [0.4, 0.5) is 0 Å². The molecule has 0 unspecified atom stereocenters. The maximum atomic E-state index is 2.33. The molecule has 0 spiro atoms. The van der Waals surface area contributed by atoms with Crippen LogP contribution >= 0.6 is 0 Å². The summed E-state index contributed by atoms with van der Waals surface area (Å²) in [5.41, 5.74) is 11.5. The minimum absolute atomic E-state index is 0. The zero-order chi connectivity index (χ0) is 22.3. The monoisotopic (exact) mass is 648 g/mol. The number of halogens is 2. The van der Waals surface area contributed by atoms with E-state index in [2.05, 4.69) is 106 Å². The molecule has 0 N–H and O–H groups in total. The number of fused-ring (bicyclic) bond motifs is 2. The van der Waals surface area contributed by atoms with Crippen LogP contribution in [0.5, 0.6) is 0 Å². The van der Waals surface area contributed by atoms with E-state index in [-0.39, 0.29) is 77.2 Å². The number of rotatable bonds is 2. The van der Waals surface area contributed by atoms with Gasteiger partial charge in [0.25, 0.3) is 0 Å². The largest absolute Gasteiger partial charge is 2.00 e. The van der Waals surface area contributed by atoms with Crippen LogP contribution in [0.1, 0.15) is 84.0 Å². The van der Waals surface area contributed by atoms with Gasteiger partial charge < -0.3 is 24.8 Å². The molecule has 0 heterocycles. The predicted octanol–water partition coefficient (Wildman–Crippen LogP) is 3.22. The summed E-state index contributed by atoms with van der Waals surface area (Å²) >= 11 is 0. The predicted molar refractivity (Wildman–Crippen MR) is 136 cm³/mol. The molecular formula is C30H38Cl2Zr2. The third-order valence-electron chi connectivity index (χ3n) is 6.61. The standard InChI is InChI=1S/2C15H19.2ClH.2Zr/c2*1-9(2)14-7-10(3)6-13-8-11(4)12(5)15(13)14;;;;/h2*6-9H,1-5H3;2*1H;;/q2*-1;;;2*+2/p-2. The third kappa shape index (κ3) is 7.51. The first-order valence-electron chi connectivity index (χ1n) is 11.4. The van der Waals surface area contributed by atoms with Gasteiger partial charge in [0, 0.05) is 0 Å². The number of hydrogen-bond donors (Lipinski definition) is 0. The topological polar surface area (TPSA) is 0 Å². The fourth-order valence-electron chi connectivity index (χ4n) is 4.77. The summed E-state index contributed by atoms with van der Waals surface area (Å²) < 4.78 is 0. The van der Waals surface area contributed by atoms with Gasteiger partial charge in [0.15, 0.2) is 0 Å². The van der Waals surface area contributed by atoms with Gasteiger partial charge in [0.1, 0.15) is 0 Å². The number of aryl methyl sites for hydroxylation is 6. The van der Waals surface area contributed by atoms with Crippen LogP contribution in [0.15, 0.2) is 36.4 Å². The SMILES string of the molecule is Cc1cc(C(C)C)c2c(C)c(C)[cH-]c2c1.Cc1cc(C(C)C)c2c(C)c(C)[cH-]c2c1.[Cl-].[Cl-].[Zr+2].[Zr+2]. The Hall–Kier alpha value is 0.00623. The molecule has 0 fully saturated rings. The Morgan fingerprint density at radius 3 is 1.09 bits per heavy atom. The van der Waals surface area contributed by atoms with E-state index >= 15 is 0 Å². The first-order valence-corrected chi connectivity index (χ1v) is 11.4. The average molecular weight is 652 g/mol. The summed E-state index contributed by atoms with van der Waals surface area (Å²) in [6, 6.07) is 13.9. The second-order valence-corrected chi connectivity index (χ2v) is 9.85. The fraction of sp³-hybridized carbons (Fsp3) is 0.400. The molecule has 4 aromatic carbocycles. The van der Waals surface area contributed by atoms with E-state index in [1.807, 2.05) is 0 Å². The van der Waals surface area contributed by atoms with E-state index in [9.17, 15) is 0 Å². The quantitative estimate of drug-likeness (QED) is 0.292. The second-order valence-electron chi connectivity index (χ2n) is 9.85. The maximum Gasteiger partial charge on any atom is 2.00 e. The first kappa shape index (κ1) is 36.2. The fourth-order valence-corrected chi connectivity index (χ4v) is 4.77. The maximum absolute atomic E-state index is 2.33. The Morgan fingerprint density at radius 2 is 0.824 bits per heavy atom. The van der Waals surface area contributed by atoms with Crippen LogP contribution in [0.25, 0.3) is 21.5 Å². The van der Waals surface area contributed by atoms with Crippen LogP contribution in [0.2, 0.25) is 0 Å². The van der Waals surface area contributed by atoms with Gasteiger partial charge >= 0.3 is 52.4 Å². The summed E-state index contributed by atoms with van der Waals surface area (Å²) in [5.74, 6) is 1.21. The summed E-state index contributed by atoms with van der Waals surface area (Å²) in [7, 11) is 0. The minimum atomic E-state index is 0. The molecule has 0 amide bonds. The first-order chi connectivity index (χ1) is 14.0. The van der Waals surface area contributed by atoms with Crippen molar-refractivity contribution in [1.29, 1.82) is 0 Å². The number of hydrogen-bond acceptors (Lipinski definition) is 0. The van der Waals surface area contributed by atoms with E-state index in [0.29, 0.717) is 11.8 Å². The van der Waals surface area contributed by atoms with Gasteiger partial charge in [-0.2, -0.15) is 11.1 Å². The molecule has 0 radical (unpaired) electrons. The third-order valence-corrected chi connectivity index (χ3v) is 6.61. The molecule has 0 bridgehead atoms. The Bertz CT molecular complexity index is 1110. The van der Waals surface area contributed by atoms with Crippen LogP contribution in [0.3, 0.4) is 0 Å². The van der Waals surface area contributed by atoms with Gasteiger partial charge in [-0.25, -0.2) is 0 Å². The molecular weight excluding hydrogens is 614 g/mol. The average Bonchev–Trinajstić information content (AvgIpc) is 3.09. The zero-order valence-electron chi connectivity index (χ0n) is 22.4. The molecule has 0 aliphatic heterocycles. The van der Waals surface area contributed by atoms with Gasteiger partial charge in [-0.15, -0.1) is 56.9 Å². The molecule has 0 aliphatic carbocycles. The normalized spacial score (nSPS) is 10.2. The molecule has 0 saturated heterocycles. The van der Waals surface area contributed by atoms with Gasteiger partial charge in [0.05, 0.1) is 0 Å². The van der Waals surface area contributed by atoms with Crippen LogP contribution in [-0.4, -0.2) is 0 Å². The van der Waals surface area contributed by atoms with Crippen LogP contribution in [0, 0.1) is 41.5 Å². The molecule has 0 nitrogen and oxygen atoms in total. The Kier molecular flexibility index (Phi) is 15.6. The van der Waals surface area contributed by atoms with Crippen LogP contribution < -0.4 is 24.8 Å². The second kappa shape index (κ2) is 14.7. The van der Waals surface area contributed by atoms with Crippen molar-refractivity contribution in [3.05, 3.63) is 80.9 Å². The molecule has 0 saturated carbocycles. The molecule has 0 atom stereocenters. The van der Waals surface area contributed by atoms with Gasteiger partial charge in [-0.05, 0) is 25.7 Å². The molecule has 0 aromatic heterocycles.